The fourth-order valence-electron chi connectivity index (χ4n) is 1.34. The summed E-state index contributed by atoms with van der Waals surface area (Å²) in [6.45, 7) is 3.94. The second-order valence-electron chi connectivity index (χ2n) is 3.70. The third-order valence-electron chi connectivity index (χ3n) is 2.24. The minimum absolute atomic E-state index is 0.0194. The number of pyridine rings is 1. The van der Waals surface area contributed by atoms with Crippen molar-refractivity contribution in [1.82, 2.24) is 14.8 Å². The molecule has 2 heterocycles. The van der Waals surface area contributed by atoms with Crippen molar-refractivity contribution in [2.24, 2.45) is 5.73 Å². The zero-order valence-electron chi connectivity index (χ0n) is 8.88. The van der Waals surface area contributed by atoms with Gasteiger partial charge in [0.15, 0.2) is 5.82 Å². The predicted octanol–water partition coefficient (Wildman–Crippen LogP) is 1.60. The van der Waals surface area contributed by atoms with Crippen molar-refractivity contribution in [3.8, 4) is 5.82 Å². The zero-order valence-corrected chi connectivity index (χ0v) is 8.88. The molecule has 4 nitrogen and oxygen atoms in total. The van der Waals surface area contributed by atoms with Gasteiger partial charge in [0.05, 0.1) is 6.20 Å². The normalized spacial score (nSPS) is 12.7. The van der Waals surface area contributed by atoms with E-state index in [1.807, 2.05) is 32.2 Å². The summed E-state index contributed by atoms with van der Waals surface area (Å²) >= 11 is 0. The molecule has 2 aromatic heterocycles. The van der Waals surface area contributed by atoms with Crippen molar-refractivity contribution in [2.75, 3.05) is 0 Å². The number of rotatable bonds is 2. The Morgan fingerprint density at radius 3 is 2.60 bits per heavy atom. The summed E-state index contributed by atoms with van der Waals surface area (Å²) in [6.07, 6.45) is 5.53. The van der Waals surface area contributed by atoms with Crippen LogP contribution in [-0.2, 0) is 0 Å². The molecule has 0 saturated heterocycles. The Balaban J connectivity index is 2.31. The molecule has 15 heavy (non-hydrogen) atoms. The average Bonchev–Trinajstić information content (AvgIpc) is 2.65. The third-order valence-corrected chi connectivity index (χ3v) is 2.24. The topological polar surface area (TPSA) is 56.7 Å². The molecule has 2 aromatic rings. The van der Waals surface area contributed by atoms with E-state index in [1.54, 1.807) is 17.1 Å². The Bertz CT molecular complexity index is 442. The highest BCUT2D eigenvalue weighted by atomic mass is 15.3. The number of hydrogen-bond acceptors (Lipinski definition) is 3. The smallest absolute Gasteiger partial charge is 0.153 e. The van der Waals surface area contributed by atoms with Gasteiger partial charge < -0.3 is 5.73 Å². The Morgan fingerprint density at radius 2 is 2.13 bits per heavy atom. The van der Waals surface area contributed by atoms with Crippen molar-refractivity contribution in [1.29, 1.82) is 0 Å². The van der Waals surface area contributed by atoms with Crippen LogP contribution >= 0.6 is 0 Å². The molecule has 4 heteroatoms. The monoisotopic (exact) mass is 202 g/mol. The van der Waals surface area contributed by atoms with E-state index in [9.17, 15) is 0 Å². The highest BCUT2D eigenvalue weighted by Crippen LogP contribution is 2.10. The molecule has 2 rings (SSSR count). The Morgan fingerprint density at radius 1 is 1.33 bits per heavy atom. The minimum atomic E-state index is 0.0194. The Hall–Kier alpha value is -1.68. The van der Waals surface area contributed by atoms with Crippen molar-refractivity contribution in [3.05, 3.63) is 41.9 Å². The number of nitrogens with zero attached hydrogens (tertiary/aromatic N) is 3. The number of hydrogen-bond donors (Lipinski definition) is 1. The summed E-state index contributed by atoms with van der Waals surface area (Å²) in [5, 5.41) is 4.18. The maximum atomic E-state index is 5.74. The first-order valence-electron chi connectivity index (χ1n) is 4.90. The van der Waals surface area contributed by atoms with Crippen LogP contribution in [0.1, 0.15) is 24.1 Å². The summed E-state index contributed by atoms with van der Waals surface area (Å²) in [6, 6.07) is 3.92. The van der Waals surface area contributed by atoms with Gasteiger partial charge in [0.2, 0.25) is 0 Å². The summed E-state index contributed by atoms with van der Waals surface area (Å²) in [5.41, 5.74) is 7.89. The van der Waals surface area contributed by atoms with Gasteiger partial charge in [-0.05, 0) is 31.0 Å². The second kappa shape index (κ2) is 3.82. The third kappa shape index (κ3) is 2.05. The van der Waals surface area contributed by atoms with E-state index in [2.05, 4.69) is 10.1 Å². The van der Waals surface area contributed by atoms with E-state index >= 15 is 0 Å². The molecule has 0 aliphatic heterocycles. The minimum Gasteiger partial charge on any atom is -0.324 e. The van der Waals surface area contributed by atoms with Gasteiger partial charge in [0.1, 0.15) is 0 Å². The van der Waals surface area contributed by atoms with Gasteiger partial charge >= 0.3 is 0 Å². The van der Waals surface area contributed by atoms with Gasteiger partial charge in [0, 0.05) is 18.4 Å². The van der Waals surface area contributed by atoms with Crippen LogP contribution in [0, 0.1) is 6.92 Å². The standard InChI is InChI=1S/C11H14N4/c1-8-5-14-15(7-8)11-4-3-10(6-13-11)9(2)12/h3-7,9H,12H2,1-2H3. The SMILES string of the molecule is Cc1cnn(-c2ccc(C(C)N)cn2)c1. The molecule has 0 aliphatic rings. The van der Waals surface area contributed by atoms with Gasteiger partial charge in [-0.1, -0.05) is 6.07 Å². The summed E-state index contributed by atoms with van der Waals surface area (Å²) in [7, 11) is 0. The van der Waals surface area contributed by atoms with Crippen LogP contribution in [0.2, 0.25) is 0 Å². The van der Waals surface area contributed by atoms with E-state index in [-0.39, 0.29) is 6.04 Å². The van der Waals surface area contributed by atoms with Crippen molar-refractivity contribution < 1.29 is 0 Å². The summed E-state index contributed by atoms with van der Waals surface area (Å²) < 4.78 is 1.75. The predicted molar refractivity (Wildman–Crippen MR) is 58.7 cm³/mol. The number of aromatic nitrogens is 3. The first-order chi connectivity index (χ1) is 7.16. The largest absolute Gasteiger partial charge is 0.324 e. The van der Waals surface area contributed by atoms with E-state index in [0.717, 1.165) is 16.9 Å². The Labute approximate surface area is 88.8 Å². The lowest BCUT2D eigenvalue weighted by molar-refractivity contribution is 0.797. The van der Waals surface area contributed by atoms with Crippen LogP contribution in [0.3, 0.4) is 0 Å². The van der Waals surface area contributed by atoms with E-state index in [4.69, 9.17) is 5.73 Å². The maximum absolute atomic E-state index is 5.74. The Kier molecular flexibility index (Phi) is 2.51. The van der Waals surface area contributed by atoms with Gasteiger partial charge in [0.25, 0.3) is 0 Å². The molecule has 0 aromatic carbocycles. The molecule has 1 atom stereocenters. The van der Waals surface area contributed by atoms with Gasteiger partial charge in [-0.3, -0.25) is 0 Å². The lowest BCUT2D eigenvalue weighted by Crippen LogP contribution is -2.06. The highest BCUT2D eigenvalue weighted by Gasteiger charge is 2.02. The molecule has 1 unspecified atom stereocenters. The molecule has 78 valence electrons. The second-order valence-corrected chi connectivity index (χ2v) is 3.70. The molecular formula is C11H14N4. The molecule has 0 radical (unpaired) electrons. The fourth-order valence-corrected chi connectivity index (χ4v) is 1.34. The van der Waals surface area contributed by atoms with Crippen LogP contribution in [0.25, 0.3) is 5.82 Å². The van der Waals surface area contributed by atoms with E-state index < -0.39 is 0 Å². The molecule has 0 spiro atoms. The van der Waals surface area contributed by atoms with Crippen LogP contribution in [0.15, 0.2) is 30.7 Å². The fraction of sp³-hybridized carbons (Fsp3) is 0.273. The highest BCUT2D eigenvalue weighted by molar-refractivity contribution is 5.26. The van der Waals surface area contributed by atoms with Gasteiger partial charge in [-0.2, -0.15) is 5.10 Å². The molecular weight excluding hydrogens is 188 g/mol. The summed E-state index contributed by atoms with van der Waals surface area (Å²) in [5.74, 6) is 0.813. The number of aryl methyl sites for hydroxylation is 1. The lowest BCUT2D eigenvalue weighted by atomic mass is 10.2. The lowest BCUT2D eigenvalue weighted by Gasteiger charge is -2.05. The van der Waals surface area contributed by atoms with Crippen molar-refractivity contribution >= 4 is 0 Å². The average molecular weight is 202 g/mol. The van der Waals surface area contributed by atoms with Gasteiger partial charge in [-0.15, -0.1) is 0 Å². The van der Waals surface area contributed by atoms with E-state index in [1.165, 1.54) is 0 Å². The molecule has 0 aliphatic carbocycles. The quantitative estimate of drug-likeness (QED) is 0.804. The maximum Gasteiger partial charge on any atom is 0.153 e. The first-order valence-corrected chi connectivity index (χ1v) is 4.90. The van der Waals surface area contributed by atoms with E-state index in [0.29, 0.717) is 0 Å². The van der Waals surface area contributed by atoms with Crippen molar-refractivity contribution in [3.63, 3.8) is 0 Å². The first kappa shape index (κ1) is 9.86. The van der Waals surface area contributed by atoms with Crippen LogP contribution in [-0.4, -0.2) is 14.8 Å². The van der Waals surface area contributed by atoms with Gasteiger partial charge in [-0.25, -0.2) is 9.67 Å². The molecule has 2 N–H and O–H groups in total. The summed E-state index contributed by atoms with van der Waals surface area (Å²) in [4.78, 5) is 4.30. The zero-order chi connectivity index (χ0) is 10.8. The molecule has 0 fully saturated rings. The molecule has 0 bridgehead atoms. The van der Waals surface area contributed by atoms with Crippen LogP contribution in [0.4, 0.5) is 0 Å². The molecule has 0 amide bonds. The van der Waals surface area contributed by atoms with Crippen molar-refractivity contribution in [2.45, 2.75) is 19.9 Å². The van der Waals surface area contributed by atoms with Crippen LogP contribution in [0.5, 0.6) is 0 Å². The van der Waals surface area contributed by atoms with Crippen LogP contribution < -0.4 is 5.73 Å². The molecule has 0 saturated carbocycles. The number of nitrogens with two attached hydrogens (primary N) is 1.